The molecule has 1 aromatic carbocycles. The van der Waals surface area contributed by atoms with Gasteiger partial charge in [0.25, 0.3) is 5.91 Å². The maximum Gasteiger partial charge on any atom is 0.280 e. The maximum absolute atomic E-state index is 12.6. The van der Waals surface area contributed by atoms with Crippen LogP contribution in [0.25, 0.3) is 10.4 Å². The van der Waals surface area contributed by atoms with Gasteiger partial charge in [0, 0.05) is 17.6 Å². The summed E-state index contributed by atoms with van der Waals surface area (Å²) in [4.78, 5) is 20.6. The number of amides is 1. The fourth-order valence-corrected chi connectivity index (χ4v) is 4.91. The molecule has 3 aliphatic heterocycles. The van der Waals surface area contributed by atoms with E-state index in [0.29, 0.717) is 15.9 Å². The van der Waals surface area contributed by atoms with Gasteiger partial charge in [-0.25, -0.2) is 4.98 Å². The number of halogens is 1. The van der Waals surface area contributed by atoms with Crippen molar-refractivity contribution < 1.29 is 4.79 Å². The summed E-state index contributed by atoms with van der Waals surface area (Å²) < 4.78 is 0. The molecule has 3 fully saturated rings. The van der Waals surface area contributed by atoms with Gasteiger partial charge in [0.2, 0.25) is 0 Å². The Kier molecular flexibility index (Phi) is 4.33. The van der Waals surface area contributed by atoms with Crippen molar-refractivity contribution in [3.05, 3.63) is 40.0 Å². The van der Waals surface area contributed by atoms with Crippen molar-refractivity contribution in [3.63, 3.8) is 0 Å². The molecule has 0 radical (unpaired) electrons. The molecule has 0 aliphatic carbocycles. The van der Waals surface area contributed by atoms with Crippen molar-refractivity contribution in [1.82, 2.24) is 15.2 Å². The largest absolute Gasteiger partial charge is 0.346 e. The van der Waals surface area contributed by atoms with Crippen LogP contribution in [0.5, 0.6) is 0 Å². The van der Waals surface area contributed by atoms with Gasteiger partial charge >= 0.3 is 0 Å². The number of carbonyl (C=O) groups is 1. The highest BCUT2D eigenvalue weighted by molar-refractivity contribution is 7.17. The molecule has 24 heavy (non-hydrogen) atoms. The average Bonchev–Trinajstić information content (AvgIpc) is 2.98. The second kappa shape index (κ2) is 6.47. The van der Waals surface area contributed by atoms with E-state index in [-0.39, 0.29) is 11.9 Å². The first-order chi connectivity index (χ1) is 11.6. The van der Waals surface area contributed by atoms with Gasteiger partial charge < -0.3 is 10.2 Å². The van der Waals surface area contributed by atoms with Gasteiger partial charge in [-0.3, -0.25) is 4.79 Å². The molecule has 5 rings (SSSR count). The Morgan fingerprint density at radius 1 is 1.38 bits per heavy atom. The van der Waals surface area contributed by atoms with Crippen molar-refractivity contribution in [1.29, 1.82) is 0 Å². The predicted molar refractivity (Wildman–Crippen MR) is 97.7 cm³/mol. The Balaban J connectivity index is 1.52. The Morgan fingerprint density at radius 3 is 2.83 bits per heavy atom. The zero-order valence-corrected chi connectivity index (χ0v) is 15.2. The highest BCUT2D eigenvalue weighted by Gasteiger charge is 2.35. The Bertz CT molecular complexity index is 767. The number of hydrogen-bond acceptors (Lipinski definition) is 4. The Morgan fingerprint density at radius 2 is 2.17 bits per heavy atom. The van der Waals surface area contributed by atoms with Gasteiger partial charge in [0.05, 0.1) is 10.6 Å². The second-order valence-corrected chi connectivity index (χ2v) is 8.10. The summed E-state index contributed by atoms with van der Waals surface area (Å²) in [7, 11) is 0. The molecule has 3 saturated heterocycles. The molecule has 1 aromatic heterocycles. The van der Waals surface area contributed by atoms with Crippen LogP contribution >= 0.6 is 22.9 Å². The molecule has 3 aliphatic rings. The van der Waals surface area contributed by atoms with E-state index < -0.39 is 0 Å². The number of piperidine rings is 3. The summed E-state index contributed by atoms with van der Waals surface area (Å²) in [5, 5.41) is 4.45. The van der Waals surface area contributed by atoms with Gasteiger partial charge in [-0.15, -0.1) is 11.3 Å². The lowest BCUT2D eigenvalue weighted by Crippen LogP contribution is -2.57. The lowest BCUT2D eigenvalue weighted by molar-refractivity contribution is 0.0620. The van der Waals surface area contributed by atoms with Gasteiger partial charge in [-0.2, -0.15) is 0 Å². The zero-order chi connectivity index (χ0) is 16.7. The van der Waals surface area contributed by atoms with Gasteiger partial charge in [-0.05, 0) is 56.5 Å². The van der Waals surface area contributed by atoms with E-state index in [2.05, 4.69) is 15.2 Å². The molecule has 1 N–H and O–H groups in total. The van der Waals surface area contributed by atoms with Crippen molar-refractivity contribution in [3.8, 4) is 10.4 Å². The van der Waals surface area contributed by atoms with Crippen LogP contribution in [0.2, 0.25) is 5.02 Å². The summed E-state index contributed by atoms with van der Waals surface area (Å²) in [6.07, 6.45) is 2.38. The van der Waals surface area contributed by atoms with Crippen LogP contribution in [0.4, 0.5) is 0 Å². The topological polar surface area (TPSA) is 45.2 Å². The fourth-order valence-electron chi connectivity index (χ4n) is 3.75. The molecule has 1 atom stereocenters. The summed E-state index contributed by atoms with van der Waals surface area (Å²) in [6.45, 7) is 5.26. The van der Waals surface area contributed by atoms with Crippen LogP contribution in [0.3, 0.4) is 0 Å². The van der Waals surface area contributed by atoms with Crippen LogP contribution in [-0.4, -0.2) is 41.5 Å². The van der Waals surface area contributed by atoms with E-state index in [1.165, 1.54) is 37.3 Å². The van der Waals surface area contributed by atoms with E-state index in [9.17, 15) is 4.79 Å². The standard InChI is InChI=1S/C18H20ClN3OS/c1-11-16(13-3-2-4-14(19)9-13)24-18(20-11)17(23)21-15-10-22-7-5-12(15)6-8-22/h2-4,9,12,15H,5-8,10H2,1H3,(H,21,23)/t15-/m0/s1. The predicted octanol–water partition coefficient (Wildman–Crippen LogP) is 3.60. The van der Waals surface area contributed by atoms with Crippen LogP contribution in [0.1, 0.15) is 28.3 Å². The number of rotatable bonds is 3. The Hall–Kier alpha value is -1.43. The number of fused-ring (bicyclic) bond motifs is 3. The lowest BCUT2D eigenvalue weighted by atomic mass is 9.84. The molecule has 1 amide bonds. The van der Waals surface area contributed by atoms with Gasteiger partial charge in [0.1, 0.15) is 0 Å². The summed E-state index contributed by atoms with van der Waals surface area (Å²) in [5.41, 5.74) is 1.89. The SMILES string of the molecule is Cc1nc(C(=O)N[C@H]2CN3CCC2CC3)sc1-c1cccc(Cl)c1. The summed E-state index contributed by atoms with van der Waals surface area (Å²) >= 11 is 7.52. The van der Waals surface area contributed by atoms with Crippen LogP contribution < -0.4 is 5.32 Å². The number of thiazole rings is 1. The molecule has 0 saturated carbocycles. The zero-order valence-electron chi connectivity index (χ0n) is 13.6. The number of hydrogen-bond donors (Lipinski definition) is 1. The second-order valence-electron chi connectivity index (χ2n) is 6.66. The molecular weight excluding hydrogens is 342 g/mol. The molecule has 0 spiro atoms. The van der Waals surface area contributed by atoms with Crippen molar-refractivity contribution >= 4 is 28.8 Å². The number of nitrogens with zero attached hydrogens (tertiary/aromatic N) is 2. The third-order valence-electron chi connectivity index (χ3n) is 5.05. The van der Waals surface area contributed by atoms with E-state index >= 15 is 0 Å². The molecule has 126 valence electrons. The average molecular weight is 362 g/mol. The third kappa shape index (κ3) is 3.08. The monoisotopic (exact) mass is 361 g/mol. The molecule has 4 heterocycles. The highest BCUT2D eigenvalue weighted by atomic mass is 35.5. The number of carbonyl (C=O) groups excluding carboxylic acids is 1. The third-order valence-corrected chi connectivity index (χ3v) is 6.49. The number of nitrogens with one attached hydrogen (secondary N) is 1. The van der Waals surface area contributed by atoms with Crippen LogP contribution in [0.15, 0.2) is 24.3 Å². The van der Waals surface area contributed by atoms with E-state index in [1.54, 1.807) is 0 Å². The maximum atomic E-state index is 12.6. The van der Waals surface area contributed by atoms with E-state index in [1.807, 2.05) is 31.2 Å². The first-order valence-electron chi connectivity index (χ1n) is 8.37. The highest BCUT2D eigenvalue weighted by Crippen LogP contribution is 2.32. The van der Waals surface area contributed by atoms with Crippen molar-refractivity contribution in [2.24, 2.45) is 5.92 Å². The molecule has 4 nitrogen and oxygen atoms in total. The first kappa shape index (κ1) is 16.1. The number of aromatic nitrogens is 1. The first-order valence-corrected chi connectivity index (χ1v) is 9.56. The molecule has 2 aromatic rings. The number of aryl methyl sites for hydroxylation is 1. The minimum Gasteiger partial charge on any atom is -0.346 e. The smallest absolute Gasteiger partial charge is 0.280 e. The normalized spacial score (nSPS) is 25.7. The Labute approximate surface area is 150 Å². The minimum absolute atomic E-state index is 0.0462. The molecular formula is C18H20ClN3OS. The fraction of sp³-hybridized carbons (Fsp3) is 0.444. The quantitative estimate of drug-likeness (QED) is 0.908. The minimum atomic E-state index is -0.0462. The van der Waals surface area contributed by atoms with E-state index in [4.69, 9.17) is 11.6 Å². The summed E-state index contributed by atoms with van der Waals surface area (Å²) in [6, 6.07) is 7.95. The van der Waals surface area contributed by atoms with Gasteiger partial charge in [0.15, 0.2) is 5.01 Å². The summed E-state index contributed by atoms with van der Waals surface area (Å²) in [5.74, 6) is 0.572. The molecule has 0 unspecified atom stereocenters. The molecule has 6 heteroatoms. The lowest BCUT2D eigenvalue weighted by Gasteiger charge is -2.44. The van der Waals surface area contributed by atoms with Crippen LogP contribution in [0, 0.1) is 12.8 Å². The van der Waals surface area contributed by atoms with Crippen LogP contribution in [-0.2, 0) is 0 Å². The molecule has 2 bridgehead atoms. The van der Waals surface area contributed by atoms with E-state index in [0.717, 1.165) is 22.7 Å². The number of benzene rings is 1. The van der Waals surface area contributed by atoms with Crippen molar-refractivity contribution in [2.45, 2.75) is 25.8 Å². The van der Waals surface area contributed by atoms with Gasteiger partial charge in [-0.1, -0.05) is 23.7 Å². The van der Waals surface area contributed by atoms with Crippen molar-refractivity contribution in [2.75, 3.05) is 19.6 Å².